The second kappa shape index (κ2) is 35.1. The molecule has 0 bridgehead atoms. The Morgan fingerprint density at radius 3 is 1.31 bits per heavy atom. The standard InChI is InChI=1S/C31H41N7O2.C29H35N5O3.C21H20ClN5O2.H2S/c1-30(2)16-22(17-31(3,4)36-30)32-10-11-38(24-12-25(39-6)15-26(13-24)40-7)23-8-9-27-28(14-23)35-29(19-33-27)21-18-34-37(5)20-21;1-33-18-22(16-31-33)29-17-30-27-10-9-23(14-28(27)32-29)34(11-5-8-20-6-4-7-21(20)19-35)24-12-25(36-2)15-26(13-24)37-3;1-26-13-14(11-24-26)20-12-23-18-6-3-15(9-19(18)25-20)27(7-8-28)21-10-16(29-2)4-5-17(21)22;/h8-9,12-15,18-20,22,32,36H,10-11,16-17H2,1-7H3;9-10,12-18,20-21,35H,4-8,11,19H2,1-3H3;3-6,9-13,28H,7-8H2,1-2H3;1H2/t;20?,21-;;/m.0../s1. The van der Waals surface area contributed by atoms with Gasteiger partial charge >= 0.3 is 0 Å². The van der Waals surface area contributed by atoms with Crippen molar-refractivity contribution in [3.8, 4) is 62.5 Å². The van der Waals surface area contributed by atoms with E-state index in [0.717, 1.165) is 176 Å². The first-order valence-electron chi connectivity index (χ1n) is 35.8. The van der Waals surface area contributed by atoms with Gasteiger partial charge in [-0.15, -0.1) is 0 Å². The average molecular weight is 1490 g/mol. The highest BCUT2D eigenvalue weighted by atomic mass is 35.5. The molecule has 0 spiro atoms. The van der Waals surface area contributed by atoms with Crippen LogP contribution >= 0.6 is 25.1 Å². The molecule has 1 aliphatic heterocycles. The van der Waals surface area contributed by atoms with Crippen LogP contribution in [0.3, 0.4) is 0 Å². The van der Waals surface area contributed by atoms with Crippen molar-refractivity contribution in [3.05, 3.63) is 170 Å². The molecule has 7 heterocycles. The van der Waals surface area contributed by atoms with E-state index in [1.807, 2.05) is 124 Å². The van der Waals surface area contributed by atoms with Crippen LogP contribution in [-0.2, 0) is 21.1 Å². The highest BCUT2D eigenvalue weighted by Crippen LogP contribution is 2.41. The minimum absolute atomic E-state index is 0. The number of hydrogen-bond donors (Lipinski definition) is 4. The third-order valence-corrected chi connectivity index (χ3v) is 19.9. The molecular formula is C81H98ClN17O7S. The first kappa shape index (κ1) is 77.9. The molecule has 562 valence electrons. The van der Waals surface area contributed by atoms with Gasteiger partial charge in [0, 0.05) is 177 Å². The zero-order chi connectivity index (χ0) is 74.7. The lowest BCUT2D eigenvalue weighted by atomic mass is 9.79. The summed E-state index contributed by atoms with van der Waals surface area (Å²) in [4.78, 5) is 34.9. The molecule has 1 saturated heterocycles. The van der Waals surface area contributed by atoms with Gasteiger partial charge in [-0.25, -0.2) is 15.0 Å². The second-order valence-corrected chi connectivity index (χ2v) is 28.8. The summed E-state index contributed by atoms with van der Waals surface area (Å²) >= 11 is 6.44. The van der Waals surface area contributed by atoms with E-state index >= 15 is 0 Å². The summed E-state index contributed by atoms with van der Waals surface area (Å²) in [5, 5.41) is 40.3. The Balaban J connectivity index is 0.000000161. The first-order chi connectivity index (χ1) is 51.2. The number of methoxy groups -OCH3 is 5. The topological polar surface area (TPSA) is 251 Å². The zero-order valence-electron chi connectivity index (χ0n) is 63.0. The predicted molar refractivity (Wildman–Crippen MR) is 430 cm³/mol. The third-order valence-electron chi connectivity index (χ3n) is 19.5. The molecule has 2 fully saturated rings. The van der Waals surface area contributed by atoms with Gasteiger partial charge < -0.3 is 59.2 Å². The van der Waals surface area contributed by atoms with Crippen LogP contribution in [0.5, 0.6) is 28.7 Å². The van der Waals surface area contributed by atoms with Gasteiger partial charge in [0.2, 0.25) is 0 Å². The van der Waals surface area contributed by atoms with Gasteiger partial charge in [-0.05, 0) is 138 Å². The molecule has 0 amide bonds. The summed E-state index contributed by atoms with van der Waals surface area (Å²) in [5.74, 6) is 4.70. The number of nitrogens with zero attached hydrogens (tertiary/aromatic N) is 15. The Morgan fingerprint density at radius 1 is 0.486 bits per heavy atom. The van der Waals surface area contributed by atoms with Crippen LogP contribution in [0.2, 0.25) is 5.02 Å². The number of benzene rings is 6. The van der Waals surface area contributed by atoms with Gasteiger partial charge in [0.15, 0.2) is 0 Å². The summed E-state index contributed by atoms with van der Waals surface area (Å²) in [6.07, 6.45) is 24.3. The van der Waals surface area contributed by atoms with Crippen LogP contribution in [-0.4, -0.2) is 162 Å². The second-order valence-electron chi connectivity index (χ2n) is 28.4. The Bertz CT molecular complexity index is 4910. The van der Waals surface area contributed by atoms with Crippen LogP contribution in [0, 0.1) is 11.8 Å². The van der Waals surface area contributed by atoms with Gasteiger partial charge in [0.05, 0.1) is 140 Å². The highest BCUT2D eigenvalue weighted by molar-refractivity contribution is 7.59. The maximum atomic E-state index is 9.77. The monoisotopic (exact) mass is 1490 g/mol. The number of ether oxygens (including phenoxy) is 5. The summed E-state index contributed by atoms with van der Waals surface area (Å²) < 4.78 is 32.9. The van der Waals surface area contributed by atoms with E-state index in [0.29, 0.717) is 41.8 Å². The molecule has 0 radical (unpaired) electrons. The molecule has 1 saturated carbocycles. The van der Waals surface area contributed by atoms with Gasteiger partial charge in [-0.3, -0.25) is 29.0 Å². The number of aliphatic hydroxyl groups is 2. The fourth-order valence-corrected chi connectivity index (χ4v) is 14.9. The number of anilines is 6. The molecule has 107 heavy (non-hydrogen) atoms. The molecule has 2 aliphatic rings. The smallest absolute Gasteiger partial charge is 0.124 e. The molecular weight excluding hydrogens is 1390 g/mol. The molecule has 24 nitrogen and oxygen atoms in total. The fourth-order valence-electron chi connectivity index (χ4n) is 14.7. The number of hydrogen-bond acceptors (Lipinski definition) is 21. The molecule has 14 rings (SSSR count). The number of rotatable bonds is 25. The largest absolute Gasteiger partial charge is 0.497 e. The molecule has 1 aliphatic carbocycles. The Morgan fingerprint density at radius 2 is 0.907 bits per heavy atom. The molecule has 6 aromatic carbocycles. The molecule has 12 aromatic rings. The van der Waals surface area contributed by atoms with Gasteiger partial charge in [0.1, 0.15) is 28.7 Å². The van der Waals surface area contributed by atoms with Crippen molar-refractivity contribution in [2.45, 2.75) is 89.8 Å². The minimum atomic E-state index is -0.0347. The van der Waals surface area contributed by atoms with Crippen molar-refractivity contribution in [1.29, 1.82) is 0 Å². The number of aromatic nitrogens is 12. The van der Waals surface area contributed by atoms with E-state index in [9.17, 15) is 10.2 Å². The Kier molecular flexibility index (Phi) is 25.5. The number of aliphatic hydroxyl groups excluding tert-OH is 2. The number of nitrogens with one attached hydrogen (secondary N) is 2. The van der Waals surface area contributed by atoms with Crippen LogP contribution in [0.1, 0.15) is 72.6 Å². The van der Waals surface area contributed by atoms with Crippen molar-refractivity contribution in [2.75, 3.05) is 89.6 Å². The van der Waals surface area contributed by atoms with E-state index in [1.165, 1.54) is 12.8 Å². The normalized spacial score (nSPS) is 15.2. The number of fused-ring (bicyclic) bond motifs is 3. The lowest BCUT2D eigenvalue weighted by Gasteiger charge is -2.47. The summed E-state index contributed by atoms with van der Waals surface area (Å²) in [5.41, 5.74) is 15.8. The van der Waals surface area contributed by atoms with Crippen molar-refractivity contribution in [1.82, 2.24) is 69.9 Å². The summed E-state index contributed by atoms with van der Waals surface area (Å²) in [6.45, 7) is 12.2. The van der Waals surface area contributed by atoms with E-state index in [-0.39, 0.29) is 31.2 Å². The van der Waals surface area contributed by atoms with E-state index in [2.05, 4.69) is 103 Å². The van der Waals surface area contributed by atoms with Crippen LogP contribution < -0.4 is 49.0 Å². The van der Waals surface area contributed by atoms with Gasteiger partial charge in [-0.2, -0.15) is 28.8 Å². The number of halogens is 1. The lowest BCUT2D eigenvalue weighted by Crippen LogP contribution is -2.61. The molecule has 4 N–H and O–H groups in total. The SMILES string of the molecule is COc1cc(OC)cc(N(CCCC2CCC[C@H]2CO)c2ccc3ncc(-c4cnn(C)c4)nc3c2)c1.COc1cc(OC)cc(N(CCNC2CC(C)(C)NC(C)(C)C2)c2ccc3ncc(-c4cnn(C)c4)nc3c2)c1.COc1ccc(Cl)c(N(CCO)c2ccc3ncc(-c4cnn(C)c4)nc3c2)c1.S. The van der Waals surface area contributed by atoms with Crippen molar-refractivity contribution in [3.63, 3.8) is 0 Å². The summed E-state index contributed by atoms with van der Waals surface area (Å²) in [7, 11) is 14.0. The fraction of sp³-hybridized carbons (Fsp3) is 0.370. The van der Waals surface area contributed by atoms with Crippen molar-refractivity contribution >= 4 is 92.3 Å². The Hall–Kier alpha value is -10.2. The van der Waals surface area contributed by atoms with Crippen LogP contribution in [0.25, 0.3) is 66.9 Å². The maximum Gasteiger partial charge on any atom is 0.124 e. The third kappa shape index (κ3) is 19.4. The molecule has 26 heteroatoms. The maximum absolute atomic E-state index is 9.77. The van der Waals surface area contributed by atoms with Crippen LogP contribution in [0.4, 0.5) is 34.1 Å². The van der Waals surface area contributed by atoms with E-state index in [4.69, 9.17) is 50.2 Å². The van der Waals surface area contributed by atoms with Gasteiger partial charge in [-0.1, -0.05) is 24.4 Å². The molecule has 6 aromatic heterocycles. The minimum Gasteiger partial charge on any atom is -0.497 e. The van der Waals surface area contributed by atoms with Crippen molar-refractivity contribution < 1.29 is 33.9 Å². The number of aryl methyl sites for hydroxylation is 3. The quantitative estimate of drug-likeness (QED) is 0.0415. The lowest BCUT2D eigenvalue weighted by molar-refractivity contribution is 0.147. The predicted octanol–water partition coefficient (Wildman–Crippen LogP) is 14.4. The molecule has 2 atom stereocenters. The zero-order valence-corrected chi connectivity index (χ0v) is 64.8. The van der Waals surface area contributed by atoms with Crippen LogP contribution in [0.15, 0.2) is 165 Å². The Labute approximate surface area is 637 Å². The number of piperidine rings is 1. The first-order valence-corrected chi connectivity index (χ1v) is 36.2. The summed E-state index contributed by atoms with van der Waals surface area (Å²) in [6, 6.07) is 36.0. The van der Waals surface area contributed by atoms with Crippen molar-refractivity contribution in [2.24, 2.45) is 33.0 Å². The van der Waals surface area contributed by atoms with E-state index in [1.54, 1.807) is 92.7 Å². The van der Waals surface area contributed by atoms with Gasteiger partial charge in [0.25, 0.3) is 0 Å². The average Bonchev–Trinajstić information content (AvgIpc) is 1.47. The molecule has 1 unspecified atom stereocenters. The highest BCUT2D eigenvalue weighted by Gasteiger charge is 2.37. The van der Waals surface area contributed by atoms with E-state index < -0.39 is 0 Å².